The van der Waals surface area contributed by atoms with Gasteiger partial charge < -0.3 is 19.3 Å². The summed E-state index contributed by atoms with van der Waals surface area (Å²) in [5.74, 6) is -0.637. The number of aliphatic hydroxyl groups is 1. The zero-order valence-electron chi connectivity index (χ0n) is 20.0. The molecule has 5 rings (SSSR count). The van der Waals surface area contributed by atoms with E-state index in [2.05, 4.69) is 4.98 Å². The van der Waals surface area contributed by atoms with Crippen LogP contribution in [0.1, 0.15) is 17.2 Å². The van der Waals surface area contributed by atoms with Crippen molar-refractivity contribution in [2.45, 2.75) is 6.04 Å². The number of Topliss-reactive ketones (excluding diaryl/α,β-unsaturated/α-hetero) is 1. The zero-order valence-corrected chi connectivity index (χ0v) is 21.6. The van der Waals surface area contributed by atoms with Gasteiger partial charge in [-0.25, -0.2) is 4.98 Å². The molecule has 8 nitrogen and oxygen atoms in total. The van der Waals surface area contributed by atoms with Gasteiger partial charge in [0.1, 0.15) is 17.6 Å². The Balaban J connectivity index is 1.77. The molecule has 1 aliphatic heterocycles. The lowest BCUT2D eigenvalue weighted by Crippen LogP contribution is -2.29. The number of thiazole rings is 1. The predicted molar refractivity (Wildman–Crippen MR) is 142 cm³/mol. The molecular formula is C27H21ClN2O6S. The number of rotatable bonds is 6. The first-order valence-electron chi connectivity index (χ1n) is 11.1. The Morgan fingerprint density at radius 2 is 1.76 bits per heavy atom. The lowest BCUT2D eigenvalue weighted by Gasteiger charge is -2.25. The smallest absolute Gasteiger partial charge is 0.301 e. The number of hydrogen-bond donors (Lipinski definition) is 1. The Bertz CT molecular complexity index is 1560. The van der Waals surface area contributed by atoms with Crippen molar-refractivity contribution < 1.29 is 28.9 Å². The number of para-hydroxylation sites is 1. The van der Waals surface area contributed by atoms with Crippen LogP contribution in [0.2, 0.25) is 5.02 Å². The molecule has 4 aromatic rings. The number of methoxy groups -OCH3 is 3. The van der Waals surface area contributed by atoms with E-state index >= 15 is 0 Å². The standard InChI is InChI=1S/C27H21ClN2O6S/c1-34-16-11-12-18-20(13-16)37-27(29-18)30-22(17-5-4-6-19(35-2)25(17)36-3)21(24(32)26(30)33)23(31)14-7-9-15(28)10-8-14/h4-13,22,31H,1-3H3/b23-21+/t22-/m1/s1. The minimum absolute atomic E-state index is 0.101. The summed E-state index contributed by atoms with van der Waals surface area (Å²) >= 11 is 7.25. The topological polar surface area (TPSA) is 98.2 Å². The van der Waals surface area contributed by atoms with Gasteiger partial charge in [0.05, 0.1) is 37.1 Å². The Kier molecular flexibility index (Phi) is 6.49. The lowest BCUT2D eigenvalue weighted by molar-refractivity contribution is -0.132. The highest BCUT2D eigenvalue weighted by molar-refractivity contribution is 7.22. The minimum atomic E-state index is -1.04. The Morgan fingerprint density at radius 3 is 2.43 bits per heavy atom. The van der Waals surface area contributed by atoms with E-state index < -0.39 is 17.7 Å². The van der Waals surface area contributed by atoms with E-state index in [0.29, 0.717) is 38.9 Å². The van der Waals surface area contributed by atoms with E-state index in [9.17, 15) is 14.7 Å². The van der Waals surface area contributed by atoms with Crippen LogP contribution in [-0.2, 0) is 9.59 Å². The number of amides is 1. The van der Waals surface area contributed by atoms with Gasteiger partial charge in [-0.2, -0.15) is 0 Å². The fourth-order valence-corrected chi connectivity index (χ4v) is 5.48. The highest BCUT2D eigenvalue weighted by Gasteiger charge is 2.49. The van der Waals surface area contributed by atoms with Crippen LogP contribution in [0.5, 0.6) is 17.2 Å². The van der Waals surface area contributed by atoms with Crippen molar-refractivity contribution in [1.29, 1.82) is 0 Å². The first-order chi connectivity index (χ1) is 17.9. The molecule has 3 aromatic carbocycles. The summed E-state index contributed by atoms with van der Waals surface area (Å²) in [6.45, 7) is 0. The molecule has 188 valence electrons. The molecular weight excluding hydrogens is 516 g/mol. The SMILES string of the molecule is COc1ccc2nc(N3C(=O)C(=O)/C(=C(/O)c4ccc(Cl)cc4)[C@H]3c3cccc(OC)c3OC)sc2c1. The highest BCUT2D eigenvalue weighted by Crippen LogP contribution is 2.48. The summed E-state index contributed by atoms with van der Waals surface area (Å²) < 4.78 is 17.2. The number of ether oxygens (including phenoxy) is 3. The number of halogens is 1. The number of ketones is 1. The van der Waals surface area contributed by atoms with Crippen LogP contribution in [0.25, 0.3) is 16.0 Å². The molecule has 37 heavy (non-hydrogen) atoms. The van der Waals surface area contributed by atoms with Gasteiger partial charge in [-0.05, 0) is 48.5 Å². The second-order valence-electron chi connectivity index (χ2n) is 8.09. The molecule has 1 saturated heterocycles. The van der Waals surface area contributed by atoms with Crippen molar-refractivity contribution in [1.82, 2.24) is 4.98 Å². The van der Waals surface area contributed by atoms with Gasteiger partial charge in [-0.15, -0.1) is 0 Å². The van der Waals surface area contributed by atoms with Crippen molar-refractivity contribution in [3.8, 4) is 17.2 Å². The Labute approximate surface area is 221 Å². The second kappa shape index (κ2) is 9.76. The number of fused-ring (bicyclic) bond motifs is 1. The third kappa shape index (κ3) is 4.16. The van der Waals surface area contributed by atoms with Gasteiger partial charge in [-0.1, -0.05) is 35.1 Å². The largest absolute Gasteiger partial charge is 0.507 e. The normalized spacial score (nSPS) is 16.9. The molecule has 1 atom stereocenters. The van der Waals surface area contributed by atoms with Crippen molar-refractivity contribution in [2.24, 2.45) is 0 Å². The molecule has 1 N–H and O–H groups in total. The third-order valence-corrected chi connectivity index (χ3v) is 7.35. The molecule has 1 aromatic heterocycles. The summed E-state index contributed by atoms with van der Waals surface area (Å²) in [5.41, 5.74) is 1.32. The van der Waals surface area contributed by atoms with Crippen LogP contribution >= 0.6 is 22.9 Å². The van der Waals surface area contributed by atoms with Crippen LogP contribution in [0, 0.1) is 0 Å². The van der Waals surface area contributed by atoms with Crippen LogP contribution in [-0.4, -0.2) is 43.1 Å². The molecule has 0 saturated carbocycles. The van der Waals surface area contributed by atoms with Gasteiger partial charge in [0, 0.05) is 16.1 Å². The first-order valence-corrected chi connectivity index (χ1v) is 12.3. The lowest BCUT2D eigenvalue weighted by atomic mass is 9.94. The monoisotopic (exact) mass is 536 g/mol. The number of nitrogens with zero attached hydrogens (tertiary/aromatic N) is 2. The van der Waals surface area contributed by atoms with Crippen molar-refractivity contribution in [2.75, 3.05) is 26.2 Å². The van der Waals surface area contributed by atoms with Gasteiger partial charge in [0.25, 0.3) is 5.78 Å². The summed E-state index contributed by atoms with van der Waals surface area (Å²) in [7, 11) is 4.53. The van der Waals surface area contributed by atoms with E-state index in [0.717, 1.165) is 4.70 Å². The number of carbonyl (C=O) groups excluding carboxylic acids is 2. The van der Waals surface area contributed by atoms with Crippen molar-refractivity contribution in [3.05, 3.63) is 82.4 Å². The third-order valence-electron chi connectivity index (χ3n) is 6.08. The average Bonchev–Trinajstić information content (AvgIpc) is 3.45. The summed E-state index contributed by atoms with van der Waals surface area (Å²) in [6.07, 6.45) is 0. The second-order valence-corrected chi connectivity index (χ2v) is 9.53. The Morgan fingerprint density at radius 1 is 1.00 bits per heavy atom. The molecule has 10 heteroatoms. The van der Waals surface area contributed by atoms with Gasteiger partial charge >= 0.3 is 5.91 Å². The first kappa shape index (κ1) is 24.6. The molecule has 0 unspecified atom stereocenters. The number of anilines is 1. The summed E-state index contributed by atoms with van der Waals surface area (Å²) in [4.78, 5) is 32.9. The summed E-state index contributed by atoms with van der Waals surface area (Å²) in [5, 5.41) is 12.1. The molecule has 1 aliphatic rings. The van der Waals surface area contributed by atoms with Gasteiger partial charge in [-0.3, -0.25) is 14.5 Å². The maximum Gasteiger partial charge on any atom is 0.301 e. The fraction of sp³-hybridized carbons (Fsp3) is 0.148. The molecule has 2 heterocycles. The van der Waals surface area contributed by atoms with Gasteiger partial charge in [0.2, 0.25) is 0 Å². The number of hydrogen-bond acceptors (Lipinski definition) is 8. The van der Waals surface area contributed by atoms with E-state index in [1.165, 1.54) is 30.5 Å². The van der Waals surface area contributed by atoms with E-state index in [4.69, 9.17) is 25.8 Å². The van der Waals surface area contributed by atoms with E-state index in [1.807, 2.05) is 6.07 Å². The van der Waals surface area contributed by atoms with E-state index in [-0.39, 0.29) is 16.5 Å². The maximum atomic E-state index is 13.5. The maximum absolute atomic E-state index is 13.5. The van der Waals surface area contributed by atoms with Crippen molar-refractivity contribution >= 4 is 55.7 Å². The predicted octanol–water partition coefficient (Wildman–Crippen LogP) is 5.60. The number of aromatic nitrogens is 1. The van der Waals surface area contributed by atoms with Crippen LogP contribution in [0.15, 0.2) is 66.2 Å². The minimum Gasteiger partial charge on any atom is -0.507 e. The quantitative estimate of drug-likeness (QED) is 0.194. The van der Waals surface area contributed by atoms with E-state index in [1.54, 1.807) is 61.7 Å². The van der Waals surface area contributed by atoms with Crippen LogP contribution in [0.3, 0.4) is 0 Å². The number of benzene rings is 3. The van der Waals surface area contributed by atoms with Crippen molar-refractivity contribution in [3.63, 3.8) is 0 Å². The molecule has 0 aliphatic carbocycles. The molecule has 0 spiro atoms. The highest BCUT2D eigenvalue weighted by atomic mass is 35.5. The van der Waals surface area contributed by atoms with Crippen LogP contribution < -0.4 is 19.1 Å². The van der Waals surface area contributed by atoms with Gasteiger partial charge in [0.15, 0.2) is 16.6 Å². The zero-order chi connectivity index (χ0) is 26.3. The number of carbonyl (C=O) groups is 2. The summed E-state index contributed by atoms with van der Waals surface area (Å²) in [6, 6.07) is 15.8. The molecule has 1 amide bonds. The average molecular weight is 537 g/mol. The molecule has 1 fully saturated rings. The van der Waals surface area contributed by atoms with Crippen LogP contribution in [0.4, 0.5) is 5.13 Å². The Hall–Kier alpha value is -4.08. The molecule has 0 radical (unpaired) electrons. The number of aliphatic hydroxyl groups excluding tert-OH is 1. The fourth-order valence-electron chi connectivity index (χ4n) is 4.34. The molecule has 0 bridgehead atoms.